The molecule has 0 unspecified atom stereocenters. The second-order valence-electron chi connectivity index (χ2n) is 3.05. The Balaban J connectivity index is 2.08. The number of piperazine rings is 1. The van der Waals surface area contributed by atoms with Gasteiger partial charge in [0.1, 0.15) is 5.69 Å². The van der Waals surface area contributed by atoms with Gasteiger partial charge in [-0.3, -0.25) is 14.7 Å². The van der Waals surface area contributed by atoms with E-state index in [9.17, 15) is 9.59 Å². The molecule has 2 amide bonds. The van der Waals surface area contributed by atoms with Crippen molar-refractivity contribution in [2.75, 3.05) is 19.6 Å². The van der Waals surface area contributed by atoms with Crippen LogP contribution in [0.1, 0.15) is 10.5 Å². The second kappa shape index (κ2) is 3.49. The van der Waals surface area contributed by atoms with Crippen LogP contribution in [0.4, 0.5) is 0 Å². The van der Waals surface area contributed by atoms with E-state index in [1.165, 1.54) is 11.1 Å². The molecule has 6 heteroatoms. The maximum atomic E-state index is 11.7. The summed E-state index contributed by atoms with van der Waals surface area (Å²) in [6.45, 7) is 1.18. The van der Waals surface area contributed by atoms with E-state index in [4.69, 9.17) is 0 Å². The zero-order valence-electron chi connectivity index (χ0n) is 7.49. The number of hydrogen-bond donors (Lipinski definition) is 2. The van der Waals surface area contributed by atoms with Crippen LogP contribution < -0.4 is 5.32 Å². The molecular weight excluding hydrogens is 184 g/mol. The predicted molar refractivity (Wildman–Crippen MR) is 47.5 cm³/mol. The molecule has 14 heavy (non-hydrogen) atoms. The van der Waals surface area contributed by atoms with Gasteiger partial charge in [-0.05, 0) is 6.07 Å². The maximum Gasteiger partial charge on any atom is 0.272 e. The molecule has 0 spiro atoms. The minimum atomic E-state index is -0.183. The van der Waals surface area contributed by atoms with E-state index in [2.05, 4.69) is 15.5 Å². The number of carbonyl (C=O) groups excluding carboxylic acids is 2. The molecule has 2 rings (SSSR count). The normalized spacial score (nSPS) is 16.6. The maximum absolute atomic E-state index is 11.7. The molecule has 0 saturated carbocycles. The predicted octanol–water partition coefficient (Wildman–Crippen LogP) is -1.02. The lowest BCUT2D eigenvalue weighted by atomic mass is 10.3. The topological polar surface area (TPSA) is 78.1 Å². The third kappa shape index (κ3) is 1.59. The zero-order chi connectivity index (χ0) is 9.97. The Labute approximate surface area is 80.3 Å². The number of aromatic nitrogens is 2. The quantitative estimate of drug-likeness (QED) is 0.600. The van der Waals surface area contributed by atoms with Crippen LogP contribution in [0, 0.1) is 0 Å². The van der Waals surface area contributed by atoms with Crippen molar-refractivity contribution in [3.63, 3.8) is 0 Å². The van der Waals surface area contributed by atoms with Crippen molar-refractivity contribution < 1.29 is 9.59 Å². The number of carbonyl (C=O) groups is 2. The molecule has 1 aliphatic heterocycles. The van der Waals surface area contributed by atoms with E-state index in [-0.39, 0.29) is 18.4 Å². The first-order chi connectivity index (χ1) is 6.77. The van der Waals surface area contributed by atoms with Gasteiger partial charge in [0.2, 0.25) is 5.91 Å². The minimum Gasteiger partial charge on any atom is -0.353 e. The van der Waals surface area contributed by atoms with Crippen LogP contribution in [0.5, 0.6) is 0 Å². The van der Waals surface area contributed by atoms with Gasteiger partial charge in [-0.25, -0.2) is 0 Å². The molecule has 1 aromatic rings. The number of H-pyrrole nitrogens is 1. The fourth-order valence-corrected chi connectivity index (χ4v) is 1.36. The number of nitrogens with one attached hydrogen (secondary N) is 2. The van der Waals surface area contributed by atoms with E-state index in [1.807, 2.05) is 0 Å². The standard InChI is InChI=1S/C8H10N4O2/c13-7-5-12(4-3-9-7)8(14)6-1-2-10-11-6/h1-2H,3-5H2,(H,9,13)(H,10,11). The molecule has 1 saturated heterocycles. The lowest BCUT2D eigenvalue weighted by molar-refractivity contribution is -0.123. The number of amides is 2. The Morgan fingerprint density at radius 1 is 1.57 bits per heavy atom. The van der Waals surface area contributed by atoms with Crippen molar-refractivity contribution in [3.05, 3.63) is 18.0 Å². The number of hydrogen-bond acceptors (Lipinski definition) is 3. The highest BCUT2D eigenvalue weighted by atomic mass is 16.2. The number of rotatable bonds is 1. The van der Waals surface area contributed by atoms with E-state index < -0.39 is 0 Å². The highest BCUT2D eigenvalue weighted by molar-refractivity contribution is 5.95. The highest BCUT2D eigenvalue weighted by Crippen LogP contribution is 2.02. The summed E-state index contributed by atoms with van der Waals surface area (Å²) in [6.07, 6.45) is 1.51. The van der Waals surface area contributed by atoms with Gasteiger partial charge in [-0.2, -0.15) is 5.10 Å². The van der Waals surface area contributed by atoms with Gasteiger partial charge in [0.15, 0.2) is 0 Å². The van der Waals surface area contributed by atoms with Crippen LogP contribution >= 0.6 is 0 Å². The molecule has 2 heterocycles. The molecule has 0 radical (unpaired) electrons. The van der Waals surface area contributed by atoms with Gasteiger partial charge < -0.3 is 10.2 Å². The summed E-state index contributed by atoms with van der Waals surface area (Å²) in [7, 11) is 0. The monoisotopic (exact) mass is 194 g/mol. The molecule has 0 bridgehead atoms. The van der Waals surface area contributed by atoms with Crippen molar-refractivity contribution in [2.45, 2.75) is 0 Å². The lowest BCUT2D eigenvalue weighted by Crippen LogP contribution is -2.50. The molecular formula is C8H10N4O2. The van der Waals surface area contributed by atoms with Gasteiger partial charge >= 0.3 is 0 Å². The summed E-state index contributed by atoms with van der Waals surface area (Å²) < 4.78 is 0. The Morgan fingerprint density at radius 3 is 3.07 bits per heavy atom. The van der Waals surface area contributed by atoms with E-state index in [0.717, 1.165) is 0 Å². The summed E-state index contributed by atoms with van der Waals surface area (Å²) >= 11 is 0. The van der Waals surface area contributed by atoms with Crippen molar-refractivity contribution in [2.24, 2.45) is 0 Å². The van der Waals surface area contributed by atoms with Gasteiger partial charge in [0, 0.05) is 19.3 Å². The highest BCUT2D eigenvalue weighted by Gasteiger charge is 2.22. The van der Waals surface area contributed by atoms with Crippen molar-refractivity contribution >= 4 is 11.8 Å². The first-order valence-corrected chi connectivity index (χ1v) is 4.33. The molecule has 2 N–H and O–H groups in total. The molecule has 0 atom stereocenters. The lowest BCUT2D eigenvalue weighted by Gasteiger charge is -2.25. The summed E-state index contributed by atoms with van der Waals surface area (Å²) in [5.74, 6) is -0.304. The fraction of sp³-hybridized carbons (Fsp3) is 0.375. The smallest absolute Gasteiger partial charge is 0.272 e. The zero-order valence-corrected chi connectivity index (χ0v) is 7.49. The van der Waals surface area contributed by atoms with E-state index in [0.29, 0.717) is 18.8 Å². The summed E-state index contributed by atoms with van der Waals surface area (Å²) in [5, 5.41) is 8.91. The second-order valence-corrected chi connectivity index (χ2v) is 3.05. The van der Waals surface area contributed by atoms with Crippen LogP contribution in [-0.2, 0) is 4.79 Å². The molecule has 1 aromatic heterocycles. The molecule has 0 aromatic carbocycles. The van der Waals surface area contributed by atoms with Crippen LogP contribution in [0.2, 0.25) is 0 Å². The van der Waals surface area contributed by atoms with Crippen molar-refractivity contribution in [3.8, 4) is 0 Å². The van der Waals surface area contributed by atoms with Gasteiger partial charge in [0.25, 0.3) is 5.91 Å². The SMILES string of the molecule is O=C1CN(C(=O)c2ccn[nH]2)CCN1. The first kappa shape index (κ1) is 8.74. The Hall–Kier alpha value is -1.85. The average Bonchev–Trinajstić information content (AvgIpc) is 2.69. The molecule has 0 aliphatic carbocycles. The van der Waals surface area contributed by atoms with Gasteiger partial charge in [0.05, 0.1) is 6.54 Å². The van der Waals surface area contributed by atoms with Crippen LogP contribution in [0.15, 0.2) is 12.3 Å². The Bertz CT molecular complexity index is 346. The van der Waals surface area contributed by atoms with E-state index >= 15 is 0 Å². The Kier molecular flexibility index (Phi) is 2.18. The van der Waals surface area contributed by atoms with Gasteiger partial charge in [-0.1, -0.05) is 0 Å². The molecule has 1 aliphatic rings. The third-order valence-corrected chi connectivity index (χ3v) is 2.06. The van der Waals surface area contributed by atoms with Crippen LogP contribution in [-0.4, -0.2) is 46.5 Å². The van der Waals surface area contributed by atoms with Crippen LogP contribution in [0.3, 0.4) is 0 Å². The summed E-state index contributed by atoms with van der Waals surface area (Å²) in [5.41, 5.74) is 0.416. The molecule has 74 valence electrons. The Morgan fingerprint density at radius 2 is 2.43 bits per heavy atom. The summed E-state index contributed by atoms with van der Waals surface area (Å²) in [6, 6.07) is 1.59. The van der Waals surface area contributed by atoms with Crippen molar-refractivity contribution in [1.82, 2.24) is 20.4 Å². The molecule has 6 nitrogen and oxygen atoms in total. The van der Waals surface area contributed by atoms with Crippen molar-refractivity contribution in [1.29, 1.82) is 0 Å². The third-order valence-electron chi connectivity index (χ3n) is 2.06. The minimum absolute atomic E-state index is 0.121. The number of nitrogens with zero attached hydrogens (tertiary/aromatic N) is 2. The first-order valence-electron chi connectivity index (χ1n) is 4.33. The summed E-state index contributed by atoms with van der Waals surface area (Å²) in [4.78, 5) is 24.2. The fourth-order valence-electron chi connectivity index (χ4n) is 1.36. The number of aromatic amines is 1. The van der Waals surface area contributed by atoms with Gasteiger partial charge in [-0.15, -0.1) is 0 Å². The molecule has 1 fully saturated rings. The average molecular weight is 194 g/mol. The largest absolute Gasteiger partial charge is 0.353 e. The van der Waals surface area contributed by atoms with E-state index in [1.54, 1.807) is 6.07 Å². The van der Waals surface area contributed by atoms with Crippen LogP contribution in [0.25, 0.3) is 0 Å².